The number of hydrogen-bond acceptors (Lipinski definition) is 13. The van der Waals surface area contributed by atoms with Crippen molar-refractivity contribution >= 4 is 39.4 Å². The van der Waals surface area contributed by atoms with Gasteiger partial charge in [0.05, 0.1) is 18.3 Å². The second-order valence-corrected chi connectivity index (χ2v) is 23.2. The molecule has 14 heteroatoms. The zero-order valence-corrected chi connectivity index (χ0v) is 40.1. The van der Waals surface area contributed by atoms with Crippen molar-refractivity contribution in [3.8, 4) is 11.5 Å². The van der Waals surface area contributed by atoms with Gasteiger partial charge in [0.15, 0.2) is 11.5 Å². The number of carbonyl (C=O) groups excluding carboxylic acids is 3. The van der Waals surface area contributed by atoms with Gasteiger partial charge in [-0.3, -0.25) is 9.59 Å². The Balaban J connectivity index is 1.27. The van der Waals surface area contributed by atoms with Crippen LogP contribution < -0.4 is 20.7 Å². The summed E-state index contributed by atoms with van der Waals surface area (Å²) < 4.78 is 19.8. The van der Waals surface area contributed by atoms with Gasteiger partial charge < -0.3 is 45.5 Å². The van der Waals surface area contributed by atoms with Crippen LogP contribution in [0, 0.1) is 23.2 Å². The Bertz CT molecular complexity index is 1720. The number of aliphatic hydroxyl groups excluding tert-OH is 1. The predicted molar refractivity (Wildman–Crippen MR) is 249 cm³/mol. The molecule has 0 unspecified atom stereocenters. The predicted octanol–water partition coefficient (Wildman–Crippen LogP) is 7.66. The minimum absolute atomic E-state index is 0.0139. The Hall–Kier alpha value is -2.23. The van der Waals surface area contributed by atoms with Gasteiger partial charge >= 0.3 is 11.9 Å². The molecule has 4 heterocycles. The molecule has 1 aromatic rings. The third kappa shape index (κ3) is 11.5. The maximum Gasteiger partial charge on any atom is 0.332 e. The zero-order valence-electron chi connectivity index (χ0n) is 38.4. The Morgan fingerprint density at radius 2 is 1.79 bits per heavy atom. The van der Waals surface area contributed by atoms with Gasteiger partial charge in [-0.05, 0) is 158 Å². The molecule has 12 nitrogen and oxygen atoms in total. The average Bonchev–Trinajstić information content (AvgIpc) is 3.25. The number of nitrogens with one attached hydrogen (secondary N) is 3. The first-order chi connectivity index (χ1) is 30.2. The highest BCUT2D eigenvalue weighted by molar-refractivity contribution is 8.76. The monoisotopic (exact) mass is 916 g/mol. The fraction of sp³-hybridized carbons (Fsp3) is 0.816. The van der Waals surface area contributed by atoms with E-state index < -0.39 is 40.8 Å². The van der Waals surface area contributed by atoms with Crippen molar-refractivity contribution < 1.29 is 43.9 Å². The maximum absolute atomic E-state index is 15.3. The highest BCUT2D eigenvalue weighted by atomic mass is 33.1. The molecule has 0 radical (unpaired) electrons. The largest absolute Gasteiger partial charge is 0.504 e. The molecule has 0 spiro atoms. The number of piperidine rings is 2. The van der Waals surface area contributed by atoms with Crippen molar-refractivity contribution in [2.24, 2.45) is 23.2 Å². The Labute approximate surface area is 384 Å². The van der Waals surface area contributed by atoms with Crippen molar-refractivity contribution in [1.82, 2.24) is 16.0 Å². The summed E-state index contributed by atoms with van der Waals surface area (Å²) in [7, 11) is 3.32. The van der Waals surface area contributed by atoms with Crippen molar-refractivity contribution in [2.75, 3.05) is 37.7 Å². The van der Waals surface area contributed by atoms with Crippen LogP contribution in [0.15, 0.2) is 12.1 Å². The number of hydrogen-bond donors (Lipinski definition) is 6. The van der Waals surface area contributed by atoms with E-state index in [1.54, 1.807) is 27.7 Å². The molecule has 1 saturated carbocycles. The highest BCUT2D eigenvalue weighted by Crippen LogP contribution is 2.59. The first-order valence-electron chi connectivity index (χ1n) is 24.5. The number of rotatable bonds is 13. The van der Waals surface area contributed by atoms with Crippen LogP contribution in [0.1, 0.15) is 166 Å². The number of aromatic hydroxyl groups is 1. The SMILES string of the molecule is CC(=O)O[C@@H](C[C@@H](OC(=O)[C@@]12CCCC[C@@H]1CCC(=O)N2)C1([C@@H]2CC[C@@H]3CCOc4c(O)ccc2c43)CCNCC1)[C@H]1CC[C@@H](O)[C@H](NCCCC(C)C)CSSC[C@@](C)(O)CC1. The summed E-state index contributed by atoms with van der Waals surface area (Å²) in [5.74, 6) is 1.59. The first kappa shape index (κ1) is 48.7. The molecule has 7 rings (SSSR count). The van der Waals surface area contributed by atoms with Gasteiger partial charge in [-0.25, -0.2) is 4.79 Å². The average molecular weight is 916 g/mol. The second kappa shape index (κ2) is 21.6. The molecule has 0 bridgehead atoms. The number of esters is 2. The van der Waals surface area contributed by atoms with E-state index in [1.165, 1.54) is 6.92 Å². The summed E-state index contributed by atoms with van der Waals surface area (Å²) in [5, 5.41) is 45.0. The molecule has 10 atom stereocenters. The van der Waals surface area contributed by atoms with E-state index in [1.807, 2.05) is 6.92 Å². The number of benzene rings is 1. The Morgan fingerprint density at radius 3 is 2.57 bits per heavy atom. The number of fused-ring (bicyclic) bond motifs is 1. The van der Waals surface area contributed by atoms with E-state index in [9.17, 15) is 24.9 Å². The fourth-order valence-electron chi connectivity index (χ4n) is 12.3. The minimum atomic E-state index is -1.11. The molecule has 3 saturated heterocycles. The molecule has 2 aliphatic carbocycles. The van der Waals surface area contributed by atoms with Crippen LogP contribution in [-0.2, 0) is 23.9 Å². The van der Waals surface area contributed by atoms with Gasteiger partial charge in [-0.1, -0.05) is 54.3 Å². The standard InChI is InChI=1S/C49H77N3O9S2/c1-31(2)8-7-24-51-38-29-62-63-30-47(4,58)21-18-33(11-15-39(38)54)41(60-32(3)53)28-42(61-46(57)49-20-6-5-9-35(49)12-17-43(56)52-49)48(22-25-50-26-23-48)37-14-10-34-19-27-59-45-40(55)16-13-36(37)44(34)45/h13,16,31,33-35,37-39,41-42,50-51,54-55,58H,5-12,14-15,17-30H2,1-4H3,(H,52,56)/t33-,34+,35+,37+,38+,39+,41-,42+,47-,49+/m0/s1. The van der Waals surface area contributed by atoms with Gasteiger partial charge in [-0.2, -0.15) is 0 Å². The van der Waals surface area contributed by atoms with E-state index in [4.69, 9.17) is 14.2 Å². The maximum atomic E-state index is 15.3. The molecular formula is C49H77N3O9S2. The summed E-state index contributed by atoms with van der Waals surface area (Å²) in [4.78, 5) is 41.8. The molecule has 0 aromatic heterocycles. The van der Waals surface area contributed by atoms with E-state index in [0.717, 1.165) is 69.0 Å². The van der Waals surface area contributed by atoms with Gasteiger partial charge in [0.2, 0.25) is 5.91 Å². The smallest absolute Gasteiger partial charge is 0.332 e. The minimum Gasteiger partial charge on any atom is -0.504 e. The normalized spacial score (nSPS) is 33.5. The van der Waals surface area contributed by atoms with Gasteiger partial charge in [0.25, 0.3) is 0 Å². The number of amides is 1. The summed E-state index contributed by atoms with van der Waals surface area (Å²) in [6, 6.07) is 3.67. The van der Waals surface area contributed by atoms with E-state index >= 15 is 4.79 Å². The molecule has 6 aliphatic rings. The third-order valence-corrected chi connectivity index (χ3v) is 18.5. The molecule has 4 aliphatic heterocycles. The molecule has 6 N–H and O–H groups in total. The summed E-state index contributed by atoms with van der Waals surface area (Å²) >= 11 is 0. The number of carbonyl (C=O) groups is 3. The first-order valence-corrected chi connectivity index (χ1v) is 27.0. The lowest BCUT2D eigenvalue weighted by Gasteiger charge is -2.53. The van der Waals surface area contributed by atoms with Crippen LogP contribution in [-0.4, -0.2) is 106 Å². The van der Waals surface area contributed by atoms with Crippen molar-refractivity contribution in [1.29, 1.82) is 0 Å². The van der Waals surface area contributed by atoms with E-state index in [-0.39, 0.29) is 53.8 Å². The van der Waals surface area contributed by atoms with E-state index in [2.05, 4.69) is 35.9 Å². The summed E-state index contributed by atoms with van der Waals surface area (Å²) in [5.41, 5.74) is -0.451. The number of phenolic OH excluding ortho intramolecular Hbond substituents is 1. The van der Waals surface area contributed by atoms with Gasteiger partial charge in [0, 0.05) is 48.3 Å². The second-order valence-electron chi connectivity index (χ2n) is 20.7. The van der Waals surface area contributed by atoms with Crippen molar-refractivity contribution in [3.05, 3.63) is 23.3 Å². The lowest BCUT2D eigenvalue weighted by molar-refractivity contribution is -0.182. The number of phenols is 1. The van der Waals surface area contributed by atoms with Gasteiger partial charge in [-0.15, -0.1) is 0 Å². The lowest BCUT2D eigenvalue weighted by Crippen LogP contribution is -2.65. The molecular weight excluding hydrogens is 839 g/mol. The van der Waals surface area contributed by atoms with Crippen LogP contribution in [0.4, 0.5) is 0 Å². The Morgan fingerprint density at radius 1 is 0.984 bits per heavy atom. The molecule has 4 fully saturated rings. The van der Waals surface area contributed by atoms with Crippen LogP contribution in [0.2, 0.25) is 0 Å². The van der Waals surface area contributed by atoms with Crippen LogP contribution >= 0.6 is 21.6 Å². The van der Waals surface area contributed by atoms with Crippen LogP contribution in [0.25, 0.3) is 0 Å². The fourth-order valence-corrected chi connectivity index (χ4v) is 15.1. The Kier molecular flexibility index (Phi) is 16.7. The number of aliphatic hydroxyl groups is 2. The number of ether oxygens (including phenoxy) is 3. The lowest BCUT2D eigenvalue weighted by atomic mass is 9.57. The molecule has 63 heavy (non-hydrogen) atoms. The highest BCUT2D eigenvalue weighted by Gasteiger charge is 2.57. The van der Waals surface area contributed by atoms with Crippen LogP contribution in [0.5, 0.6) is 11.5 Å². The zero-order chi connectivity index (χ0) is 44.8. The van der Waals surface area contributed by atoms with Crippen molar-refractivity contribution in [2.45, 2.75) is 191 Å². The molecule has 1 amide bonds. The molecule has 354 valence electrons. The molecule has 1 aromatic carbocycles. The summed E-state index contributed by atoms with van der Waals surface area (Å²) in [6.07, 6.45) is 10.8. The van der Waals surface area contributed by atoms with Crippen molar-refractivity contribution in [3.63, 3.8) is 0 Å². The topological polar surface area (TPSA) is 176 Å². The van der Waals surface area contributed by atoms with Crippen LogP contribution in [0.3, 0.4) is 0 Å². The summed E-state index contributed by atoms with van der Waals surface area (Å²) in [6.45, 7) is 10.6. The third-order valence-electron chi connectivity index (χ3n) is 15.9. The quantitative estimate of drug-likeness (QED) is 0.0647. The van der Waals surface area contributed by atoms with E-state index in [0.29, 0.717) is 101 Å². The van der Waals surface area contributed by atoms with Gasteiger partial charge in [0.1, 0.15) is 17.7 Å².